The third kappa shape index (κ3) is 4.61. The van der Waals surface area contributed by atoms with E-state index in [2.05, 4.69) is 0 Å². The van der Waals surface area contributed by atoms with Gasteiger partial charge in [-0.3, -0.25) is 14.2 Å². The molecule has 0 N–H and O–H groups in total. The highest BCUT2D eigenvalue weighted by Crippen LogP contribution is 2.28. The van der Waals surface area contributed by atoms with Crippen molar-refractivity contribution in [1.82, 2.24) is 14.5 Å². The van der Waals surface area contributed by atoms with Crippen LogP contribution in [-0.4, -0.2) is 45.8 Å². The molecular weight excluding hydrogens is 410 g/mol. The van der Waals surface area contributed by atoms with Gasteiger partial charge in [0, 0.05) is 19.2 Å². The largest absolute Gasteiger partial charge is 0.497 e. The van der Waals surface area contributed by atoms with Crippen LogP contribution in [0.5, 0.6) is 5.75 Å². The van der Waals surface area contributed by atoms with Crippen LogP contribution in [-0.2, 0) is 4.79 Å². The maximum atomic E-state index is 13.4. The number of aromatic nitrogens is 2. The minimum atomic E-state index is -0.344. The molecule has 1 aliphatic rings. The highest BCUT2D eigenvalue weighted by atomic mass is 32.2. The number of methoxy groups -OCH3 is 1. The molecule has 31 heavy (non-hydrogen) atoms. The fraction of sp³-hybridized carbons (Fsp3) is 0.375. The van der Waals surface area contributed by atoms with Gasteiger partial charge in [0.05, 0.1) is 29.0 Å². The fourth-order valence-electron chi connectivity index (χ4n) is 3.93. The summed E-state index contributed by atoms with van der Waals surface area (Å²) < 4.78 is 6.94. The Balaban J connectivity index is 1.75. The van der Waals surface area contributed by atoms with Gasteiger partial charge in [0.15, 0.2) is 5.16 Å². The SMILES string of the molecule is COc1cccc(-n2c(SC(C)C(=O)N3CCCCCC3)nc3ccccc3c2=O)c1. The summed E-state index contributed by atoms with van der Waals surface area (Å²) >= 11 is 1.34. The van der Waals surface area contributed by atoms with Crippen molar-refractivity contribution in [3.63, 3.8) is 0 Å². The molecule has 0 saturated carbocycles. The fourth-order valence-corrected chi connectivity index (χ4v) is 4.94. The number of likely N-dealkylation sites (tertiary alicyclic amines) is 1. The molecule has 1 unspecified atom stereocenters. The molecule has 1 atom stereocenters. The van der Waals surface area contributed by atoms with Crippen molar-refractivity contribution in [2.75, 3.05) is 20.2 Å². The number of hydrogen-bond acceptors (Lipinski definition) is 5. The molecule has 1 amide bonds. The normalized spacial score (nSPS) is 15.5. The summed E-state index contributed by atoms with van der Waals surface area (Å²) in [6.45, 7) is 3.50. The van der Waals surface area contributed by atoms with Gasteiger partial charge in [-0.25, -0.2) is 4.98 Å². The molecule has 2 aromatic carbocycles. The number of nitrogens with zero attached hydrogens (tertiary/aromatic N) is 3. The summed E-state index contributed by atoms with van der Waals surface area (Å²) in [6.07, 6.45) is 4.44. The van der Waals surface area contributed by atoms with Crippen LogP contribution < -0.4 is 10.3 Å². The van der Waals surface area contributed by atoms with E-state index in [1.807, 2.05) is 54.3 Å². The molecule has 1 saturated heterocycles. The summed E-state index contributed by atoms with van der Waals surface area (Å²) in [5, 5.41) is 0.705. The molecule has 6 nitrogen and oxygen atoms in total. The van der Waals surface area contributed by atoms with Gasteiger partial charge < -0.3 is 9.64 Å². The van der Waals surface area contributed by atoms with E-state index in [0.29, 0.717) is 27.5 Å². The lowest BCUT2D eigenvalue weighted by Crippen LogP contribution is -2.37. The number of thioether (sulfide) groups is 1. The van der Waals surface area contributed by atoms with Crippen LogP contribution in [0.3, 0.4) is 0 Å². The summed E-state index contributed by atoms with van der Waals surface area (Å²) in [5.41, 5.74) is 1.14. The van der Waals surface area contributed by atoms with Crippen LogP contribution in [0.2, 0.25) is 0 Å². The molecule has 7 heteroatoms. The van der Waals surface area contributed by atoms with E-state index in [0.717, 1.165) is 25.9 Å². The lowest BCUT2D eigenvalue weighted by Gasteiger charge is -2.24. The van der Waals surface area contributed by atoms with Gasteiger partial charge in [0.1, 0.15) is 5.75 Å². The standard InChI is InChI=1S/C24H27N3O3S/c1-17(22(28)26-14-7-3-4-8-15-26)31-24-25-21-13-6-5-12-20(21)23(29)27(24)18-10-9-11-19(16-18)30-2/h5-6,9-13,16-17H,3-4,7-8,14-15H2,1-2H3. The predicted molar refractivity (Wildman–Crippen MR) is 124 cm³/mol. The number of benzene rings is 2. The maximum absolute atomic E-state index is 13.4. The number of ether oxygens (including phenoxy) is 1. The van der Waals surface area contributed by atoms with Crippen LogP contribution in [0.1, 0.15) is 32.6 Å². The maximum Gasteiger partial charge on any atom is 0.266 e. The molecule has 0 spiro atoms. The third-order valence-corrected chi connectivity index (χ3v) is 6.64. The minimum Gasteiger partial charge on any atom is -0.497 e. The van der Waals surface area contributed by atoms with E-state index in [4.69, 9.17) is 9.72 Å². The second-order valence-electron chi connectivity index (χ2n) is 7.75. The summed E-state index contributed by atoms with van der Waals surface area (Å²) in [6, 6.07) is 14.6. The van der Waals surface area contributed by atoms with E-state index < -0.39 is 0 Å². The third-order valence-electron chi connectivity index (χ3n) is 5.60. The Bertz CT molecular complexity index is 1140. The molecule has 162 valence electrons. The number of para-hydroxylation sites is 1. The Morgan fingerprint density at radius 2 is 1.81 bits per heavy atom. The zero-order valence-corrected chi connectivity index (χ0v) is 18.7. The number of amides is 1. The molecule has 4 rings (SSSR count). The van der Waals surface area contributed by atoms with Crippen molar-refractivity contribution >= 4 is 28.6 Å². The van der Waals surface area contributed by atoms with E-state index in [9.17, 15) is 9.59 Å². The molecule has 0 bridgehead atoms. The first-order valence-electron chi connectivity index (χ1n) is 10.7. The summed E-state index contributed by atoms with van der Waals surface area (Å²) in [7, 11) is 1.60. The van der Waals surface area contributed by atoms with E-state index in [-0.39, 0.29) is 16.7 Å². The molecule has 1 aromatic heterocycles. The zero-order chi connectivity index (χ0) is 21.8. The van der Waals surface area contributed by atoms with Gasteiger partial charge in [0.2, 0.25) is 5.91 Å². The lowest BCUT2D eigenvalue weighted by atomic mass is 10.2. The number of rotatable bonds is 5. The van der Waals surface area contributed by atoms with Crippen molar-refractivity contribution in [1.29, 1.82) is 0 Å². The van der Waals surface area contributed by atoms with Crippen molar-refractivity contribution in [2.45, 2.75) is 43.0 Å². The van der Waals surface area contributed by atoms with Crippen LogP contribution >= 0.6 is 11.8 Å². The van der Waals surface area contributed by atoms with Gasteiger partial charge in [-0.2, -0.15) is 0 Å². The Labute approximate surface area is 186 Å². The smallest absolute Gasteiger partial charge is 0.266 e. The van der Waals surface area contributed by atoms with Gasteiger partial charge in [-0.1, -0.05) is 42.8 Å². The van der Waals surface area contributed by atoms with E-state index in [1.54, 1.807) is 17.7 Å². The molecule has 0 aliphatic carbocycles. The number of hydrogen-bond donors (Lipinski definition) is 0. The van der Waals surface area contributed by atoms with E-state index in [1.165, 1.54) is 24.6 Å². The highest BCUT2D eigenvalue weighted by Gasteiger charge is 2.25. The first-order chi connectivity index (χ1) is 15.1. The predicted octanol–water partition coefficient (Wildman–Crippen LogP) is 4.28. The van der Waals surface area contributed by atoms with Gasteiger partial charge in [-0.15, -0.1) is 0 Å². The highest BCUT2D eigenvalue weighted by molar-refractivity contribution is 8.00. The molecular formula is C24H27N3O3S. The van der Waals surface area contributed by atoms with Crippen LogP contribution in [0.15, 0.2) is 58.5 Å². The molecule has 1 fully saturated rings. The van der Waals surface area contributed by atoms with Gasteiger partial charge >= 0.3 is 0 Å². The van der Waals surface area contributed by atoms with Crippen molar-refractivity contribution in [2.24, 2.45) is 0 Å². The Hall–Kier alpha value is -2.80. The molecule has 2 heterocycles. The Kier molecular flexibility index (Phi) is 6.61. The first kappa shape index (κ1) is 21.4. The first-order valence-corrected chi connectivity index (χ1v) is 11.6. The topological polar surface area (TPSA) is 64.4 Å². The average Bonchev–Trinajstić information content (AvgIpc) is 3.08. The Morgan fingerprint density at radius 1 is 1.06 bits per heavy atom. The quantitative estimate of drug-likeness (QED) is 0.440. The Morgan fingerprint density at radius 3 is 2.55 bits per heavy atom. The van der Waals surface area contributed by atoms with Crippen LogP contribution in [0.4, 0.5) is 0 Å². The molecule has 0 radical (unpaired) electrons. The van der Waals surface area contributed by atoms with Crippen LogP contribution in [0.25, 0.3) is 16.6 Å². The second kappa shape index (κ2) is 9.56. The minimum absolute atomic E-state index is 0.103. The summed E-state index contributed by atoms with van der Waals surface area (Å²) in [5.74, 6) is 0.758. The molecule has 3 aromatic rings. The summed E-state index contributed by atoms with van der Waals surface area (Å²) in [4.78, 5) is 33.3. The van der Waals surface area contributed by atoms with Crippen molar-refractivity contribution in [3.05, 3.63) is 58.9 Å². The second-order valence-corrected chi connectivity index (χ2v) is 9.06. The molecule has 1 aliphatic heterocycles. The van der Waals surface area contributed by atoms with Crippen molar-refractivity contribution < 1.29 is 9.53 Å². The number of carbonyl (C=O) groups excluding carboxylic acids is 1. The number of fused-ring (bicyclic) bond motifs is 1. The van der Waals surface area contributed by atoms with Crippen molar-refractivity contribution in [3.8, 4) is 11.4 Å². The van der Waals surface area contributed by atoms with Crippen LogP contribution in [0, 0.1) is 0 Å². The van der Waals surface area contributed by atoms with Gasteiger partial charge in [0.25, 0.3) is 5.56 Å². The van der Waals surface area contributed by atoms with E-state index >= 15 is 0 Å². The lowest BCUT2D eigenvalue weighted by molar-refractivity contribution is -0.130. The average molecular weight is 438 g/mol. The monoisotopic (exact) mass is 437 g/mol. The van der Waals surface area contributed by atoms with Gasteiger partial charge in [-0.05, 0) is 44.0 Å². The zero-order valence-electron chi connectivity index (χ0n) is 17.9. The number of carbonyl (C=O) groups is 1.